The Morgan fingerprint density at radius 2 is 1.89 bits per heavy atom. The number of aromatic nitrogens is 1. The first kappa shape index (κ1) is 13.3. The maximum absolute atomic E-state index is 11.5. The highest BCUT2D eigenvalue weighted by atomic mass is 16.5. The zero-order chi connectivity index (χ0) is 13.8. The Balaban J connectivity index is 2.02. The zero-order valence-electron chi connectivity index (χ0n) is 11.3. The van der Waals surface area contributed by atoms with Gasteiger partial charge in [0.15, 0.2) is 11.5 Å². The van der Waals surface area contributed by atoms with Gasteiger partial charge in [0.25, 0.3) is 0 Å². The maximum Gasteiger partial charge on any atom is 0.419 e. The molecule has 0 radical (unpaired) electrons. The lowest BCUT2D eigenvalue weighted by molar-refractivity contribution is 0.274. The van der Waals surface area contributed by atoms with Gasteiger partial charge in [-0.2, -0.15) is 0 Å². The van der Waals surface area contributed by atoms with Crippen molar-refractivity contribution >= 4 is 0 Å². The van der Waals surface area contributed by atoms with Crippen LogP contribution in [-0.4, -0.2) is 18.3 Å². The molecule has 0 aliphatic rings. The van der Waals surface area contributed by atoms with E-state index in [9.17, 15) is 4.79 Å². The summed E-state index contributed by atoms with van der Waals surface area (Å²) in [5, 5.41) is 0. The van der Waals surface area contributed by atoms with Crippen LogP contribution in [0.15, 0.2) is 33.5 Å². The van der Waals surface area contributed by atoms with Gasteiger partial charge in [-0.1, -0.05) is 12.1 Å². The van der Waals surface area contributed by atoms with Crippen LogP contribution in [-0.2, 0) is 6.54 Å². The zero-order valence-corrected chi connectivity index (χ0v) is 11.3. The van der Waals surface area contributed by atoms with Crippen LogP contribution in [0.5, 0.6) is 11.5 Å². The van der Waals surface area contributed by atoms with Crippen LogP contribution < -0.4 is 15.2 Å². The summed E-state index contributed by atoms with van der Waals surface area (Å²) in [6.07, 6.45) is 0. The molecule has 0 atom stereocenters. The fourth-order valence-electron chi connectivity index (χ4n) is 1.83. The molecule has 5 heteroatoms. The molecule has 102 valence electrons. The third-order valence-electron chi connectivity index (χ3n) is 3.02. The Hall–Kier alpha value is -2.17. The fraction of sp³-hybridized carbons (Fsp3) is 0.357. The molecule has 0 fully saturated rings. The van der Waals surface area contributed by atoms with Crippen LogP contribution in [0.25, 0.3) is 0 Å². The van der Waals surface area contributed by atoms with Gasteiger partial charge in [0.1, 0.15) is 12.4 Å². The van der Waals surface area contributed by atoms with Crippen molar-refractivity contribution in [3.05, 3.63) is 46.3 Å². The van der Waals surface area contributed by atoms with E-state index in [4.69, 9.17) is 13.9 Å². The Labute approximate surface area is 111 Å². The molecule has 2 aromatic rings. The number of rotatable bonds is 5. The summed E-state index contributed by atoms with van der Waals surface area (Å²) >= 11 is 0. The van der Waals surface area contributed by atoms with E-state index in [-0.39, 0.29) is 5.76 Å². The van der Waals surface area contributed by atoms with Crippen molar-refractivity contribution < 1.29 is 13.9 Å². The van der Waals surface area contributed by atoms with Crippen molar-refractivity contribution in [2.45, 2.75) is 20.4 Å². The van der Waals surface area contributed by atoms with E-state index < -0.39 is 0 Å². The summed E-state index contributed by atoms with van der Waals surface area (Å²) < 4.78 is 17.4. The van der Waals surface area contributed by atoms with Crippen molar-refractivity contribution in [1.82, 2.24) is 4.57 Å². The van der Waals surface area contributed by atoms with Crippen LogP contribution in [0.2, 0.25) is 0 Å². The molecule has 2 rings (SSSR count). The van der Waals surface area contributed by atoms with E-state index in [1.54, 1.807) is 18.6 Å². The second-order valence-electron chi connectivity index (χ2n) is 4.16. The number of aryl methyl sites for hydroxylation is 1. The monoisotopic (exact) mass is 263 g/mol. The van der Waals surface area contributed by atoms with E-state index in [2.05, 4.69) is 0 Å². The molecule has 0 saturated heterocycles. The lowest BCUT2D eigenvalue weighted by Crippen LogP contribution is -2.20. The molecule has 0 aliphatic carbocycles. The highest BCUT2D eigenvalue weighted by molar-refractivity contribution is 5.39. The average molecular weight is 263 g/mol. The molecule has 0 aliphatic heterocycles. The molecule has 0 N–H and O–H groups in total. The van der Waals surface area contributed by atoms with Crippen LogP contribution >= 0.6 is 0 Å². The number of oxazole rings is 1. The van der Waals surface area contributed by atoms with Crippen molar-refractivity contribution in [3.8, 4) is 11.5 Å². The SMILES string of the molecule is COc1ccccc1OCCn1c(C)c(C)oc1=O. The standard InChI is InChI=1S/C14H17NO4/c1-10-11(2)19-14(16)15(10)8-9-18-13-7-5-4-6-12(13)17-3/h4-7H,8-9H2,1-3H3. The van der Waals surface area contributed by atoms with E-state index in [1.165, 1.54) is 0 Å². The lowest BCUT2D eigenvalue weighted by atomic mass is 10.3. The van der Waals surface area contributed by atoms with Gasteiger partial charge in [-0.25, -0.2) is 4.79 Å². The third kappa shape index (κ3) is 2.81. The normalized spacial score (nSPS) is 10.5. The number of para-hydroxylation sites is 2. The summed E-state index contributed by atoms with van der Waals surface area (Å²) in [4.78, 5) is 11.5. The topological polar surface area (TPSA) is 53.6 Å². The summed E-state index contributed by atoms with van der Waals surface area (Å²) in [5.41, 5.74) is 0.827. The van der Waals surface area contributed by atoms with Crippen LogP contribution in [0.3, 0.4) is 0 Å². The minimum Gasteiger partial charge on any atom is -0.493 e. The summed E-state index contributed by atoms with van der Waals surface area (Å²) in [6.45, 7) is 4.44. The molecular weight excluding hydrogens is 246 g/mol. The molecule has 1 aromatic heterocycles. The largest absolute Gasteiger partial charge is 0.493 e. The van der Waals surface area contributed by atoms with Gasteiger partial charge in [-0.3, -0.25) is 4.57 Å². The quantitative estimate of drug-likeness (QED) is 0.829. The number of benzene rings is 1. The Morgan fingerprint density at radius 3 is 2.47 bits per heavy atom. The van der Waals surface area contributed by atoms with Gasteiger partial charge in [0.2, 0.25) is 0 Å². The van der Waals surface area contributed by atoms with Crippen molar-refractivity contribution in [2.24, 2.45) is 0 Å². The fourth-order valence-corrected chi connectivity index (χ4v) is 1.83. The van der Waals surface area contributed by atoms with Crippen LogP contribution in [0, 0.1) is 13.8 Å². The van der Waals surface area contributed by atoms with Crippen LogP contribution in [0.1, 0.15) is 11.5 Å². The van der Waals surface area contributed by atoms with E-state index in [0.29, 0.717) is 30.4 Å². The first-order valence-corrected chi connectivity index (χ1v) is 6.06. The van der Waals surface area contributed by atoms with E-state index in [0.717, 1.165) is 5.69 Å². The van der Waals surface area contributed by atoms with Gasteiger partial charge >= 0.3 is 5.76 Å². The minimum absolute atomic E-state index is 0.348. The Bertz CT molecular complexity index is 612. The first-order chi connectivity index (χ1) is 9.13. The predicted octanol–water partition coefficient (Wildman–Crippen LogP) is 2.15. The highest BCUT2D eigenvalue weighted by Gasteiger charge is 2.09. The second kappa shape index (κ2) is 5.65. The molecule has 0 spiro atoms. The molecule has 5 nitrogen and oxygen atoms in total. The molecule has 0 bridgehead atoms. The number of methoxy groups -OCH3 is 1. The van der Waals surface area contributed by atoms with E-state index >= 15 is 0 Å². The molecule has 1 aromatic carbocycles. The predicted molar refractivity (Wildman–Crippen MR) is 70.9 cm³/mol. The molecule has 0 saturated carbocycles. The summed E-state index contributed by atoms with van der Waals surface area (Å²) in [6, 6.07) is 7.40. The van der Waals surface area contributed by atoms with Gasteiger partial charge in [-0.15, -0.1) is 0 Å². The molecule has 0 amide bonds. The van der Waals surface area contributed by atoms with E-state index in [1.807, 2.05) is 31.2 Å². The average Bonchev–Trinajstić information content (AvgIpc) is 2.65. The Kier molecular flexibility index (Phi) is 3.94. The highest BCUT2D eigenvalue weighted by Crippen LogP contribution is 2.25. The molecule has 0 unspecified atom stereocenters. The number of nitrogens with zero attached hydrogens (tertiary/aromatic N) is 1. The minimum atomic E-state index is -0.348. The van der Waals surface area contributed by atoms with Gasteiger partial charge in [0.05, 0.1) is 19.3 Å². The number of hydrogen-bond donors (Lipinski definition) is 0. The molecule has 1 heterocycles. The van der Waals surface area contributed by atoms with Crippen molar-refractivity contribution in [3.63, 3.8) is 0 Å². The number of ether oxygens (including phenoxy) is 2. The second-order valence-corrected chi connectivity index (χ2v) is 4.16. The van der Waals surface area contributed by atoms with Crippen LogP contribution in [0.4, 0.5) is 0 Å². The summed E-state index contributed by atoms with van der Waals surface area (Å²) in [7, 11) is 1.59. The Morgan fingerprint density at radius 1 is 1.21 bits per heavy atom. The number of hydrogen-bond acceptors (Lipinski definition) is 4. The molecular formula is C14H17NO4. The van der Waals surface area contributed by atoms with Crippen molar-refractivity contribution in [1.29, 1.82) is 0 Å². The summed E-state index contributed by atoms with van der Waals surface area (Å²) in [5.74, 6) is 1.63. The lowest BCUT2D eigenvalue weighted by Gasteiger charge is -2.10. The maximum atomic E-state index is 11.5. The third-order valence-corrected chi connectivity index (χ3v) is 3.02. The molecule has 19 heavy (non-hydrogen) atoms. The van der Waals surface area contributed by atoms with Gasteiger partial charge in [0, 0.05) is 0 Å². The smallest absolute Gasteiger partial charge is 0.419 e. The van der Waals surface area contributed by atoms with Crippen molar-refractivity contribution in [2.75, 3.05) is 13.7 Å². The van der Waals surface area contributed by atoms with Gasteiger partial charge < -0.3 is 13.9 Å². The first-order valence-electron chi connectivity index (χ1n) is 6.06. The van der Waals surface area contributed by atoms with Gasteiger partial charge in [-0.05, 0) is 26.0 Å².